The van der Waals surface area contributed by atoms with Crippen molar-refractivity contribution in [3.8, 4) is 0 Å². The summed E-state index contributed by atoms with van der Waals surface area (Å²) in [7, 11) is 0. The monoisotopic (exact) mass is 223 g/mol. The van der Waals surface area contributed by atoms with Gasteiger partial charge in [-0.2, -0.15) is 0 Å². The number of hydrogen-bond acceptors (Lipinski definition) is 3. The average molecular weight is 223 g/mol. The van der Waals surface area contributed by atoms with E-state index in [0.29, 0.717) is 18.9 Å². The van der Waals surface area contributed by atoms with Crippen molar-refractivity contribution < 1.29 is 4.79 Å². The zero-order valence-corrected chi connectivity index (χ0v) is 9.77. The quantitative estimate of drug-likeness (QED) is 0.711. The van der Waals surface area contributed by atoms with Gasteiger partial charge in [0.05, 0.1) is 0 Å². The van der Waals surface area contributed by atoms with Crippen LogP contribution in [0.3, 0.4) is 0 Å². The predicted molar refractivity (Wildman–Crippen MR) is 66.3 cm³/mol. The van der Waals surface area contributed by atoms with Gasteiger partial charge in [0.1, 0.15) is 0 Å². The fraction of sp³-hybridized carbons (Fsp3) is 0.667. The third-order valence-corrected chi connectivity index (χ3v) is 3.01. The molecule has 0 aliphatic carbocycles. The van der Waals surface area contributed by atoms with Crippen LogP contribution in [0.2, 0.25) is 0 Å². The summed E-state index contributed by atoms with van der Waals surface area (Å²) in [6.07, 6.45) is 7.47. The fourth-order valence-corrected chi connectivity index (χ4v) is 2.03. The minimum Gasteiger partial charge on any atom is -0.343 e. The molecule has 0 bridgehead atoms. The maximum absolute atomic E-state index is 11.6. The predicted octanol–water partition coefficient (Wildman–Crippen LogP) is 1.18. The van der Waals surface area contributed by atoms with Crippen LogP contribution in [0.1, 0.15) is 25.7 Å². The van der Waals surface area contributed by atoms with Crippen molar-refractivity contribution >= 4 is 12.6 Å². The van der Waals surface area contributed by atoms with Gasteiger partial charge in [-0.05, 0) is 31.9 Å². The van der Waals surface area contributed by atoms with Crippen molar-refractivity contribution in [2.75, 3.05) is 19.6 Å². The molecule has 1 aliphatic heterocycles. The summed E-state index contributed by atoms with van der Waals surface area (Å²) in [6.45, 7) is 5.60. The largest absolute Gasteiger partial charge is 0.343 e. The van der Waals surface area contributed by atoms with Crippen LogP contribution in [0.25, 0.3) is 0 Å². The molecule has 16 heavy (non-hydrogen) atoms. The van der Waals surface area contributed by atoms with E-state index < -0.39 is 0 Å². The summed E-state index contributed by atoms with van der Waals surface area (Å²) < 4.78 is 0. The summed E-state index contributed by atoms with van der Waals surface area (Å²) >= 11 is 0. The standard InChI is InChI=1S/C12H21N3O/c1-14-8-2-3-11-5-9-15(10-6-11)12(16)4-7-13/h2,8,11H,1,3-7,9-10,13H2. The molecule has 4 nitrogen and oxygen atoms in total. The van der Waals surface area contributed by atoms with Gasteiger partial charge >= 0.3 is 0 Å². The van der Waals surface area contributed by atoms with Gasteiger partial charge in [-0.1, -0.05) is 6.08 Å². The lowest BCUT2D eigenvalue weighted by atomic mass is 9.93. The third kappa shape index (κ3) is 4.14. The topological polar surface area (TPSA) is 58.7 Å². The molecule has 1 fully saturated rings. The first kappa shape index (κ1) is 12.9. The van der Waals surface area contributed by atoms with E-state index in [1.165, 1.54) is 0 Å². The second-order valence-electron chi connectivity index (χ2n) is 4.17. The average Bonchev–Trinajstić information content (AvgIpc) is 2.30. The molecule has 2 N–H and O–H groups in total. The van der Waals surface area contributed by atoms with Crippen molar-refractivity contribution in [3.05, 3.63) is 12.3 Å². The second kappa shape index (κ2) is 7.17. The molecule has 0 atom stereocenters. The van der Waals surface area contributed by atoms with Crippen LogP contribution in [-0.4, -0.2) is 37.2 Å². The molecular weight excluding hydrogens is 202 g/mol. The van der Waals surface area contributed by atoms with Gasteiger partial charge < -0.3 is 10.6 Å². The van der Waals surface area contributed by atoms with E-state index >= 15 is 0 Å². The van der Waals surface area contributed by atoms with Crippen LogP contribution < -0.4 is 5.73 Å². The Morgan fingerprint density at radius 3 is 2.75 bits per heavy atom. The van der Waals surface area contributed by atoms with Crippen molar-refractivity contribution in [2.45, 2.75) is 25.7 Å². The van der Waals surface area contributed by atoms with Gasteiger partial charge in [0.2, 0.25) is 5.91 Å². The number of amides is 1. The molecule has 90 valence electrons. The maximum atomic E-state index is 11.6. The van der Waals surface area contributed by atoms with Crippen LogP contribution in [0, 0.1) is 5.92 Å². The molecule has 0 aromatic rings. The van der Waals surface area contributed by atoms with Gasteiger partial charge in [0.15, 0.2) is 0 Å². The summed E-state index contributed by atoms with van der Waals surface area (Å²) in [5, 5.41) is 0. The summed E-state index contributed by atoms with van der Waals surface area (Å²) in [4.78, 5) is 17.2. The zero-order chi connectivity index (χ0) is 11.8. The Kier molecular flexibility index (Phi) is 5.78. The van der Waals surface area contributed by atoms with Crippen molar-refractivity contribution in [3.63, 3.8) is 0 Å². The lowest BCUT2D eigenvalue weighted by Crippen LogP contribution is -2.39. The van der Waals surface area contributed by atoms with Crippen LogP contribution >= 0.6 is 0 Å². The zero-order valence-electron chi connectivity index (χ0n) is 9.77. The molecule has 1 rings (SSSR count). The van der Waals surface area contributed by atoms with E-state index in [1.54, 1.807) is 6.20 Å². The Balaban J connectivity index is 2.25. The Bertz CT molecular complexity index is 255. The number of nitrogens with two attached hydrogens (primary N) is 1. The highest BCUT2D eigenvalue weighted by atomic mass is 16.2. The summed E-state index contributed by atoms with van der Waals surface area (Å²) in [6, 6.07) is 0. The van der Waals surface area contributed by atoms with Gasteiger partial charge in [0.25, 0.3) is 0 Å². The van der Waals surface area contributed by atoms with E-state index in [-0.39, 0.29) is 5.91 Å². The summed E-state index contributed by atoms with van der Waals surface area (Å²) in [5.74, 6) is 0.879. The smallest absolute Gasteiger partial charge is 0.223 e. The van der Waals surface area contributed by atoms with Gasteiger partial charge in [-0.25, -0.2) is 0 Å². The van der Waals surface area contributed by atoms with E-state index in [4.69, 9.17) is 5.73 Å². The third-order valence-electron chi connectivity index (χ3n) is 3.01. The highest BCUT2D eigenvalue weighted by Gasteiger charge is 2.21. The van der Waals surface area contributed by atoms with Crippen LogP contribution in [0.5, 0.6) is 0 Å². The first-order valence-corrected chi connectivity index (χ1v) is 5.86. The second-order valence-corrected chi connectivity index (χ2v) is 4.17. The molecule has 0 radical (unpaired) electrons. The molecule has 4 heteroatoms. The minimum atomic E-state index is 0.198. The van der Waals surface area contributed by atoms with Crippen molar-refractivity contribution in [1.29, 1.82) is 0 Å². The lowest BCUT2D eigenvalue weighted by Gasteiger charge is -2.31. The van der Waals surface area contributed by atoms with Gasteiger partial charge in [-0.3, -0.25) is 9.79 Å². The number of piperidine rings is 1. The van der Waals surface area contributed by atoms with Crippen molar-refractivity contribution in [1.82, 2.24) is 4.90 Å². The molecule has 1 heterocycles. The van der Waals surface area contributed by atoms with Gasteiger partial charge in [0, 0.05) is 32.3 Å². The first-order valence-electron chi connectivity index (χ1n) is 5.86. The number of carbonyl (C=O) groups excluding carboxylic acids is 1. The Labute approximate surface area is 97.2 Å². The lowest BCUT2D eigenvalue weighted by molar-refractivity contribution is -0.132. The highest BCUT2D eigenvalue weighted by molar-refractivity contribution is 5.76. The SMILES string of the molecule is C=NC=CCC1CCN(C(=O)CCN)CC1. The number of nitrogens with zero attached hydrogens (tertiary/aromatic N) is 2. The van der Waals surface area contributed by atoms with E-state index in [2.05, 4.69) is 17.8 Å². The fourth-order valence-electron chi connectivity index (χ4n) is 2.03. The number of aliphatic imine (C=N–C) groups is 1. The van der Waals surface area contributed by atoms with Crippen molar-refractivity contribution in [2.24, 2.45) is 16.6 Å². The number of hydrogen-bond donors (Lipinski definition) is 1. The Hall–Kier alpha value is -1.16. The van der Waals surface area contributed by atoms with E-state index in [9.17, 15) is 4.79 Å². The Morgan fingerprint density at radius 1 is 1.50 bits per heavy atom. The number of rotatable bonds is 5. The Morgan fingerprint density at radius 2 is 2.19 bits per heavy atom. The molecule has 0 spiro atoms. The normalized spacial score (nSPS) is 17.9. The molecule has 0 saturated carbocycles. The molecule has 1 amide bonds. The highest BCUT2D eigenvalue weighted by Crippen LogP contribution is 2.21. The first-order chi connectivity index (χ1) is 7.77. The minimum absolute atomic E-state index is 0.198. The molecular formula is C12H21N3O. The molecule has 1 aliphatic rings. The molecule has 1 saturated heterocycles. The molecule has 0 aromatic carbocycles. The van der Waals surface area contributed by atoms with E-state index in [1.807, 2.05) is 4.90 Å². The molecule has 0 unspecified atom stereocenters. The number of allylic oxidation sites excluding steroid dienone is 1. The summed E-state index contributed by atoms with van der Waals surface area (Å²) in [5.41, 5.74) is 5.37. The maximum Gasteiger partial charge on any atom is 0.223 e. The number of likely N-dealkylation sites (tertiary alicyclic amines) is 1. The van der Waals surface area contributed by atoms with Crippen LogP contribution in [0.4, 0.5) is 0 Å². The van der Waals surface area contributed by atoms with Gasteiger partial charge in [-0.15, -0.1) is 0 Å². The van der Waals surface area contributed by atoms with Crippen LogP contribution in [0.15, 0.2) is 17.3 Å². The number of carbonyl (C=O) groups is 1. The molecule has 0 aromatic heterocycles. The van der Waals surface area contributed by atoms with E-state index in [0.717, 1.165) is 32.4 Å². The van der Waals surface area contributed by atoms with Crippen LogP contribution in [-0.2, 0) is 4.79 Å².